The number of aromatic nitrogens is 2. The lowest BCUT2D eigenvalue weighted by Crippen LogP contribution is -2.27. The highest BCUT2D eigenvalue weighted by Crippen LogP contribution is 2.28. The Kier molecular flexibility index (Phi) is 6.44. The van der Waals surface area contributed by atoms with Crippen LogP contribution in [0.3, 0.4) is 0 Å². The topological polar surface area (TPSA) is 64.0 Å². The molecule has 1 aromatic heterocycles. The first-order valence-corrected chi connectivity index (χ1v) is 10.9. The van der Waals surface area contributed by atoms with Crippen molar-refractivity contribution in [2.45, 2.75) is 17.3 Å². The molecule has 0 saturated heterocycles. The minimum atomic E-state index is -0.962. The molecule has 0 fully saturated rings. The van der Waals surface area contributed by atoms with Crippen LogP contribution in [0.25, 0.3) is 16.6 Å². The summed E-state index contributed by atoms with van der Waals surface area (Å²) in [6.07, 6.45) is 0. The summed E-state index contributed by atoms with van der Waals surface area (Å²) in [5, 5.41) is 2.02. The first-order chi connectivity index (χ1) is 15.7. The fraction of sp³-hybridized carbons (Fsp3) is 0.0870. The summed E-state index contributed by atoms with van der Waals surface area (Å²) in [5.74, 6) is -3.04. The summed E-state index contributed by atoms with van der Waals surface area (Å²) in [7, 11) is 0. The molecular formula is C23H15ClF3N3O2S. The van der Waals surface area contributed by atoms with E-state index in [1.807, 2.05) is 0 Å². The molecule has 1 unspecified atom stereocenters. The van der Waals surface area contributed by atoms with Gasteiger partial charge in [-0.05, 0) is 49.4 Å². The summed E-state index contributed by atoms with van der Waals surface area (Å²) < 4.78 is 43.1. The van der Waals surface area contributed by atoms with Gasteiger partial charge in [0.25, 0.3) is 5.56 Å². The highest BCUT2D eigenvalue weighted by molar-refractivity contribution is 8.00. The second-order valence-corrected chi connectivity index (χ2v) is 8.77. The normalized spacial score (nSPS) is 12.0. The predicted molar refractivity (Wildman–Crippen MR) is 123 cm³/mol. The van der Waals surface area contributed by atoms with Crippen molar-refractivity contribution in [2.75, 3.05) is 5.32 Å². The van der Waals surface area contributed by atoms with Crippen molar-refractivity contribution in [3.63, 3.8) is 0 Å². The van der Waals surface area contributed by atoms with Crippen molar-refractivity contribution in [1.29, 1.82) is 0 Å². The minimum absolute atomic E-state index is 0.0171. The zero-order chi connectivity index (χ0) is 23.7. The molecule has 3 aromatic carbocycles. The van der Waals surface area contributed by atoms with E-state index in [0.29, 0.717) is 11.6 Å². The second-order valence-electron chi connectivity index (χ2n) is 7.02. The number of halogens is 4. The predicted octanol–water partition coefficient (Wildman–Crippen LogP) is 5.58. The lowest BCUT2D eigenvalue weighted by molar-refractivity contribution is -0.115. The average molecular weight is 490 g/mol. The van der Waals surface area contributed by atoms with Gasteiger partial charge in [0.2, 0.25) is 5.91 Å². The molecule has 4 aromatic rings. The van der Waals surface area contributed by atoms with Gasteiger partial charge in [-0.25, -0.2) is 18.2 Å². The quantitative estimate of drug-likeness (QED) is 0.294. The number of nitrogens with zero attached hydrogens (tertiary/aromatic N) is 2. The Morgan fingerprint density at radius 1 is 1.06 bits per heavy atom. The molecule has 33 heavy (non-hydrogen) atoms. The largest absolute Gasteiger partial charge is 0.323 e. The molecule has 168 valence electrons. The molecule has 5 nitrogen and oxygen atoms in total. The maximum atomic E-state index is 14.6. The molecule has 1 N–H and O–H groups in total. The number of para-hydroxylation sites is 1. The average Bonchev–Trinajstić information content (AvgIpc) is 2.77. The summed E-state index contributed by atoms with van der Waals surface area (Å²) >= 11 is 6.61. The summed E-state index contributed by atoms with van der Waals surface area (Å²) in [5.41, 5.74) is -0.506. The third-order valence-corrected chi connectivity index (χ3v) is 6.02. The van der Waals surface area contributed by atoms with Crippen LogP contribution in [-0.4, -0.2) is 20.7 Å². The zero-order valence-electron chi connectivity index (χ0n) is 17.0. The summed E-state index contributed by atoms with van der Waals surface area (Å²) in [6.45, 7) is 1.53. The molecule has 10 heteroatoms. The molecule has 0 radical (unpaired) electrons. The highest BCUT2D eigenvalue weighted by atomic mass is 35.5. The van der Waals surface area contributed by atoms with Crippen LogP contribution in [0.1, 0.15) is 6.92 Å². The first kappa shape index (κ1) is 22.9. The lowest BCUT2D eigenvalue weighted by Gasteiger charge is -2.17. The molecule has 1 amide bonds. The van der Waals surface area contributed by atoms with Crippen molar-refractivity contribution in [3.05, 3.63) is 93.5 Å². The Balaban J connectivity index is 1.74. The number of carbonyl (C=O) groups excluding carboxylic acids is 1. The molecule has 4 rings (SSSR count). The molecule has 0 bridgehead atoms. The number of nitrogens with one attached hydrogen (secondary N) is 1. The maximum Gasteiger partial charge on any atom is 0.266 e. The van der Waals surface area contributed by atoms with Crippen LogP contribution in [0, 0.1) is 17.5 Å². The van der Waals surface area contributed by atoms with E-state index in [0.717, 1.165) is 34.5 Å². The fourth-order valence-corrected chi connectivity index (χ4v) is 4.18. The Hall–Kier alpha value is -3.30. The highest BCUT2D eigenvalue weighted by Gasteiger charge is 2.22. The molecule has 1 atom stereocenters. The number of rotatable bonds is 5. The maximum absolute atomic E-state index is 14.6. The third kappa shape index (κ3) is 4.74. The van der Waals surface area contributed by atoms with Crippen LogP contribution in [0.2, 0.25) is 5.02 Å². The van der Waals surface area contributed by atoms with Gasteiger partial charge in [0.15, 0.2) is 5.16 Å². The van der Waals surface area contributed by atoms with Crippen molar-refractivity contribution in [3.8, 4) is 5.69 Å². The van der Waals surface area contributed by atoms with E-state index in [2.05, 4.69) is 10.3 Å². The van der Waals surface area contributed by atoms with Crippen LogP contribution in [-0.2, 0) is 4.79 Å². The number of thioether (sulfide) groups is 1. The van der Waals surface area contributed by atoms with E-state index in [1.54, 1.807) is 18.2 Å². The molecule has 0 aliphatic rings. The summed E-state index contributed by atoms with van der Waals surface area (Å²) in [6, 6.07) is 13.1. The van der Waals surface area contributed by atoms with Crippen LogP contribution in [0.15, 0.2) is 70.6 Å². The number of anilines is 1. The number of amides is 1. The monoisotopic (exact) mass is 489 g/mol. The van der Waals surface area contributed by atoms with E-state index >= 15 is 0 Å². The van der Waals surface area contributed by atoms with Gasteiger partial charge in [0, 0.05) is 11.1 Å². The standard InChI is InChI=1S/C23H15ClF3N3O2S/c1-12(21(31)28-19-8-6-13(24)10-16(19)26)33-23-29-18-5-3-2-4-15(18)22(32)30(23)20-9-7-14(25)11-17(20)27/h2-12H,1H3,(H,28,31). The minimum Gasteiger partial charge on any atom is -0.323 e. The molecule has 0 saturated carbocycles. The molecule has 1 heterocycles. The smallest absolute Gasteiger partial charge is 0.266 e. The van der Waals surface area contributed by atoms with Gasteiger partial charge in [-0.15, -0.1) is 0 Å². The van der Waals surface area contributed by atoms with Crippen LogP contribution >= 0.6 is 23.4 Å². The van der Waals surface area contributed by atoms with Crippen molar-refractivity contribution < 1.29 is 18.0 Å². The van der Waals surface area contributed by atoms with Gasteiger partial charge in [0.05, 0.1) is 27.5 Å². The van der Waals surface area contributed by atoms with Gasteiger partial charge in [0.1, 0.15) is 17.5 Å². The van der Waals surface area contributed by atoms with E-state index < -0.39 is 34.2 Å². The SMILES string of the molecule is CC(Sc1nc2ccccc2c(=O)n1-c1ccc(F)cc1F)C(=O)Nc1ccc(Cl)cc1F. The number of hydrogen-bond donors (Lipinski definition) is 1. The third-order valence-electron chi connectivity index (χ3n) is 4.74. The molecule has 0 spiro atoms. The Morgan fingerprint density at radius 2 is 1.82 bits per heavy atom. The number of fused-ring (bicyclic) bond motifs is 1. The molecule has 0 aliphatic heterocycles. The van der Waals surface area contributed by atoms with E-state index in [1.165, 1.54) is 25.1 Å². The van der Waals surface area contributed by atoms with Gasteiger partial charge in [-0.3, -0.25) is 14.2 Å². The van der Waals surface area contributed by atoms with Gasteiger partial charge in [-0.1, -0.05) is 35.5 Å². The van der Waals surface area contributed by atoms with Crippen molar-refractivity contribution in [1.82, 2.24) is 9.55 Å². The van der Waals surface area contributed by atoms with Gasteiger partial charge >= 0.3 is 0 Å². The number of carbonyl (C=O) groups is 1. The summed E-state index contributed by atoms with van der Waals surface area (Å²) in [4.78, 5) is 30.3. The Bertz CT molecular complexity index is 1440. The van der Waals surface area contributed by atoms with E-state index in [-0.39, 0.29) is 26.9 Å². The zero-order valence-corrected chi connectivity index (χ0v) is 18.6. The second kappa shape index (κ2) is 9.29. The van der Waals surface area contributed by atoms with E-state index in [4.69, 9.17) is 11.6 Å². The molecule has 0 aliphatic carbocycles. The lowest BCUT2D eigenvalue weighted by atomic mass is 10.2. The van der Waals surface area contributed by atoms with Gasteiger partial charge in [-0.2, -0.15) is 0 Å². The number of hydrogen-bond acceptors (Lipinski definition) is 4. The number of benzene rings is 3. The van der Waals surface area contributed by atoms with Gasteiger partial charge < -0.3 is 5.32 Å². The Morgan fingerprint density at radius 3 is 2.55 bits per heavy atom. The van der Waals surface area contributed by atoms with E-state index in [9.17, 15) is 22.8 Å². The first-order valence-electron chi connectivity index (χ1n) is 9.64. The van der Waals surface area contributed by atoms with Crippen LogP contribution < -0.4 is 10.9 Å². The van der Waals surface area contributed by atoms with Crippen LogP contribution in [0.5, 0.6) is 0 Å². The molecular weight excluding hydrogens is 475 g/mol. The fourth-order valence-electron chi connectivity index (χ4n) is 3.10. The van der Waals surface area contributed by atoms with Crippen molar-refractivity contribution >= 4 is 45.9 Å². The Labute approximate surface area is 195 Å². The van der Waals surface area contributed by atoms with Crippen molar-refractivity contribution in [2.24, 2.45) is 0 Å². The van der Waals surface area contributed by atoms with Crippen LogP contribution in [0.4, 0.5) is 18.9 Å².